The van der Waals surface area contributed by atoms with Crippen molar-refractivity contribution in [2.24, 2.45) is 0 Å². The first kappa shape index (κ1) is 17.7. The molecule has 0 amide bonds. The second kappa shape index (κ2) is 7.52. The van der Waals surface area contributed by atoms with Crippen LogP contribution in [-0.4, -0.2) is 70.2 Å². The van der Waals surface area contributed by atoms with E-state index in [1.54, 1.807) is 11.3 Å². The van der Waals surface area contributed by atoms with Crippen LogP contribution in [0.1, 0.15) is 6.92 Å². The third-order valence-electron chi connectivity index (χ3n) is 4.89. The zero-order valence-corrected chi connectivity index (χ0v) is 16.6. The van der Waals surface area contributed by atoms with E-state index in [0.29, 0.717) is 6.04 Å². The molecule has 8 heteroatoms. The van der Waals surface area contributed by atoms with E-state index in [1.165, 1.54) is 0 Å². The van der Waals surface area contributed by atoms with Crippen LogP contribution >= 0.6 is 22.9 Å². The maximum absolute atomic E-state index is 5.95. The largest absolute Gasteiger partial charge is 0.359 e. The van der Waals surface area contributed by atoms with E-state index < -0.39 is 0 Å². The van der Waals surface area contributed by atoms with Gasteiger partial charge in [-0.1, -0.05) is 35.1 Å². The molecule has 1 unspecified atom stereocenters. The summed E-state index contributed by atoms with van der Waals surface area (Å²) in [7, 11) is 2.18. The van der Waals surface area contributed by atoms with Gasteiger partial charge in [0.1, 0.15) is 0 Å². The summed E-state index contributed by atoms with van der Waals surface area (Å²) in [5, 5.41) is 9.73. The van der Waals surface area contributed by atoms with Crippen molar-refractivity contribution >= 4 is 33.0 Å². The summed E-state index contributed by atoms with van der Waals surface area (Å²) in [4.78, 5) is 10.5. The number of fused-ring (bicyclic) bond motifs is 1. The molecule has 0 saturated carbocycles. The van der Waals surface area contributed by atoms with E-state index in [2.05, 4.69) is 39.2 Å². The normalized spacial score (nSPS) is 17.7. The number of hydrogen-bond acceptors (Lipinski definition) is 6. The molecule has 2 aromatic heterocycles. The summed E-state index contributed by atoms with van der Waals surface area (Å²) in [6.45, 7) is 7.71. The molecule has 1 aliphatic rings. The van der Waals surface area contributed by atoms with Crippen molar-refractivity contribution in [1.82, 2.24) is 24.4 Å². The number of nitrogens with one attached hydrogen (secondary N) is 1. The molecule has 1 aliphatic heterocycles. The number of rotatable bonds is 5. The monoisotopic (exact) mass is 390 g/mol. The third-order valence-corrected chi connectivity index (χ3v) is 6.03. The predicted octanol–water partition coefficient (Wildman–Crippen LogP) is 3.16. The van der Waals surface area contributed by atoms with Crippen molar-refractivity contribution in [1.29, 1.82) is 0 Å². The fourth-order valence-corrected chi connectivity index (χ4v) is 4.07. The van der Waals surface area contributed by atoms with Crippen molar-refractivity contribution in [3.63, 3.8) is 0 Å². The number of piperazine rings is 1. The van der Waals surface area contributed by atoms with Crippen LogP contribution in [0.4, 0.5) is 5.13 Å². The highest BCUT2D eigenvalue weighted by Gasteiger charge is 2.19. The molecular weight excluding hydrogens is 368 g/mol. The van der Waals surface area contributed by atoms with Gasteiger partial charge in [-0.2, -0.15) is 0 Å². The van der Waals surface area contributed by atoms with Crippen molar-refractivity contribution in [2.75, 3.05) is 45.1 Å². The maximum atomic E-state index is 5.95. The van der Waals surface area contributed by atoms with Gasteiger partial charge in [-0.3, -0.25) is 4.90 Å². The first-order chi connectivity index (χ1) is 12.6. The van der Waals surface area contributed by atoms with Gasteiger partial charge in [0.2, 0.25) is 10.1 Å². The lowest BCUT2D eigenvalue weighted by molar-refractivity contribution is 0.123. The van der Waals surface area contributed by atoms with Crippen LogP contribution in [0, 0.1) is 0 Å². The smallest absolute Gasteiger partial charge is 0.214 e. The van der Waals surface area contributed by atoms with E-state index in [1.807, 2.05) is 35.0 Å². The van der Waals surface area contributed by atoms with Crippen molar-refractivity contribution in [3.05, 3.63) is 35.5 Å². The van der Waals surface area contributed by atoms with E-state index >= 15 is 0 Å². The lowest BCUT2D eigenvalue weighted by Gasteiger charge is -2.36. The lowest BCUT2D eigenvalue weighted by Crippen LogP contribution is -2.49. The van der Waals surface area contributed by atoms with E-state index in [-0.39, 0.29) is 0 Å². The molecule has 1 saturated heterocycles. The molecule has 3 aromatic rings. The average Bonchev–Trinajstić information content (AvgIpc) is 3.19. The van der Waals surface area contributed by atoms with Gasteiger partial charge >= 0.3 is 0 Å². The Morgan fingerprint density at radius 2 is 1.92 bits per heavy atom. The highest BCUT2D eigenvalue weighted by molar-refractivity contribution is 7.20. The molecule has 0 spiro atoms. The van der Waals surface area contributed by atoms with Crippen molar-refractivity contribution in [2.45, 2.75) is 13.0 Å². The van der Waals surface area contributed by atoms with Crippen molar-refractivity contribution < 1.29 is 0 Å². The van der Waals surface area contributed by atoms with E-state index in [9.17, 15) is 0 Å². The van der Waals surface area contributed by atoms with Gasteiger partial charge in [-0.05, 0) is 26.1 Å². The number of nitrogens with zero attached hydrogens (tertiary/aromatic N) is 5. The predicted molar refractivity (Wildman–Crippen MR) is 108 cm³/mol. The standard InChI is InChI=1S/C18H23ClN6S/c1-13(24-9-7-23(2)8-10-24)11-20-17-22-25-12-16(21-18(25)26-17)14-3-5-15(19)6-4-14/h3-6,12-13H,7-11H2,1-2H3,(H,20,22). The van der Waals surface area contributed by atoms with Crippen molar-refractivity contribution in [3.8, 4) is 11.3 Å². The fraction of sp³-hybridized carbons (Fsp3) is 0.444. The summed E-state index contributed by atoms with van der Waals surface area (Å²) in [6.07, 6.45) is 1.96. The Kier molecular flexibility index (Phi) is 5.13. The van der Waals surface area contributed by atoms with Crippen LogP contribution in [0.5, 0.6) is 0 Å². The molecule has 6 nitrogen and oxygen atoms in total. The van der Waals surface area contributed by atoms with Gasteiger partial charge in [-0.25, -0.2) is 9.50 Å². The Labute approximate surface area is 162 Å². The minimum Gasteiger partial charge on any atom is -0.359 e. The molecule has 0 bridgehead atoms. The molecule has 138 valence electrons. The molecule has 0 aliphatic carbocycles. The maximum Gasteiger partial charge on any atom is 0.214 e. The van der Waals surface area contributed by atoms with E-state index in [0.717, 1.165) is 59.1 Å². The lowest BCUT2D eigenvalue weighted by atomic mass is 10.2. The molecule has 1 aromatic carbocycles. The van der Waals surface area contributed by atoms with Gasteiger partial charge in [0.15, 0.2) is 0 Å². The Morgan fingerprint density at radius 3 is 2.62 bits per heavy atom. The summed E-state index contributed by atoms with van der Waals surface area (Å²) in [5.41, 5.74) is 1.96. The zero-order chi connectivity index (χ0) is 18.1. The van der Waals surface area contributed by atoms with E-state index in [4.69, 9.17) is 11.6 Å². The van der Waals surface area contributed by atoms with Crippen LogP contribution in [-0.2, 0) is 0 Å². The summed E-state index contributed by atoms with van der Waals surface area (Å²) in [5.74, 6) is 0. The second-order valence-electron chi connectivity index (χ2n) is 6.84. The molecule has 3 heterocycles. The third kappa shape index (κ3) is 3.86. The molecule has 1 N–H and O–H groups in total. The number of halogens is 1. The van der Waals surface area contributed by atoms with Crippen LogP contribution in [0.15, 0.2) is 30.5 Å². The van der Waals surface area contributed by atoms with Gasteiger partial charge in [0.05, 0.1) is 11.9 Å². The van der Waals surface area contributed by atoms with Crippen LogP contribution < -0.4 is 5.32 Å². The molecular formula is C18H23ClN6S. The second-order valence-corrected chi connectivity index (χ2v) is 8.23. The SMILES string of the molecule is CC(CNc1nn2cc(-c3ccc(Cl)cc3)nc2s1)N1CCN(C)CC1. The highest BCUT2D eigenvalue weighted by Crippen LogP contribution is 2.25. The molecule has 1 atom stereocenters. The Morgan fingerprint density at radius 1 is 1.19 bits per heavy atom. The van der Waals surface area contributed by atoms with Crippen LogP contribution in [0.2, 0.25) is 5.02 Å². The first-order valence-electron chi connectivity index (χ1n) is 8.87. The fourth-order valence-electron chi connectivity index (χ4n) is 3.16. The van der Waals surface area contributed by atoms with Gasteiger partial charge in [-0.15, -0.1) is 5.10 Å². The molecule has 1 fully saturated rings. The number of likely N-dealkylation sites (N-methyl/N-ethyl adjacent to an activating group) is 1. The topological polar surface area (TPSA) is 48.7 Å². The summed E-state index contributed by atoms with van der Waals surface area (Å²) >= 11 is 7.53. The quantitative estimate of drug-likeness (QED) is 0.725. The van der Waals surface area contributed by atoms with Gasteiger partial charge in [0, 0.05) is 49.4 Å². The zero-order valence-electron chi connectivity index (χ0n) is 15.0. The minimum absolute atomic E-state index is 0.490. The number of aromatic nitrogens is 3. The Balaban J connectivity index is 1.39. The number of anilines is 1. The Hall–Kier alpha value is -1.67. The minimum atomic E-state index is 0.490. The van der Waals surface area contributed by atoms with Gasteiger partial charge < -0.3 is 10.2 Å². The van der Waals surface area contributed by atoms with Crippen LogP contribution in [0.25, 0.3) is 16.2 Å². The number of hydrogen-bond donors (Lipinski definition) is 1. The van der Waals surface area contributed by atoms with Crippen LogP contribution in [0.3, 0.4) is 0 Å². The molecule has 4 rings (SSSR count). The average molecular weight is 391 g/mol. The number of benzene rings is 1. The molecule has 0 radical (unpaired) electrons. The number of imidazole rings is 1. The summed E-state index contributed by atoms with van der Waals surface area (Å²) in [6, 6.07) is 8.20. The summed E-state index contributed by atoms with van der Waals surface area (Å²) < 4.78 is 1.84. The van der Waals surface area contributed by atoms with Gasteiger partial charge in [0.25, 0.3) is 0 Å². The highest BCUT2D eigenvalue weighted by atomic mass is 35.5. The Bertz CT molecular complexity index is 834. The first-order valence-corrected chi connectivity index (χ1v) is 10.1. The molecule has 26 heavy (non-hydrogen) atoms.